The maximum Gasteiger partial charge on any atom is -0.00485 e. The fourth-order valence-electron chi connectivity index (χ4n) is 0.829. The Morgan fingerprint density at radius 1 is 1.08 bits per heavy atom. The highest BCUT2D eigenvalue weighted by Crippen LogP contribution is 1.99. The molecule has 1 nitrogen and oxygen atoms in total. The molecule has 0 amide bonds. The SMILES string of the molecule is CC\C=C/C=C\C=C/C[C@@H](C)CN. The second kappa shape index (κ2) is 9.27. The number of nitrogens with two attached hydrogens (primary N) is 1. The average molecular weight is 179 g/mol. The fraction of sp³-hybridized carbons (Fsp3) is 0.500. The van der Waals surface area contributed by atoms with Gasteiger partial charge in [-0.05, 0) is 25.3 Å². The van der Waals surface area contributed by atoms with Gasteiger partial charge in [0.25, 0.3) is 0 Å². The zero-order chi connectivity index (χ0) is 9.94. The summed E-state index contributed by atoms with van der Waals surface area (Å²) in [6.07, 6.45) is 14.7. The number of allylic oxidation sites excluding steroid dienone is 6. The largest absolute Gasteiger partial charge is 0.330 e. The Labute approximate surface area is 82.0 Å². The van der Waals surface area contributed by atoms with Crippen LogP contribution in [0.1, 0.15) is 26.7 Å². The van der Waals surface area contributed by atoms with Crippen LogP contribution in [0.4, 0.5) is 0 Å². The van der Waals surface area contributed by atoms with E-state index in [1.807, 2.05) is 6.08 Å². The van der Waals surface area contributed by atoms with E-state index in [2.05, 4.69) is 44.2 Å². The molecule has 1 heteroatoms. The zero-order valence-electron chi connectivity index (χ0n) is 8.74. The standard InChI is InChI=1S/C12H21N/c1-3-4-5-6-7-8-9-10-12(2)11-13/h4-9,12H,3,10-11,13H2,1-2H3/b5-4-,7-6-,9-8-/t12-/m1/s1. The van der Waals surface area contributed by atoms with E-state index in [4.69, 9.17) is 5.73 Å². The predicted octanol–water partition coefficient (Wildman–Crippen LogP) is 3.05. The maximum absolute atomic E-state index is 5.49. The van der Waals surface area contributed by atoms with E-state index in [1.54, 1.807) is 0 Å². The van der Waals surface area contributed by atoms with E-state index < -0.39 is 0 Å². The normalized spacial score (nSPS) is 15.0. The lowest BCUT2D eigenvalue weighted by atomic mass is 10.1. The molecule has 0 rings (SSSR count). The lowest BCUT2D eigenvalue weighted by Gasteiger charge is -2.01. The summed E-state index contributed by atoms with van der Waals surface area (Å²) in [7, 11) is 0. The minimum atomic E-state index is 0.593. The number of hydrogen-bond acceptors (Lipinski definition) is 1. The van der Waals surface area contributed by atoms with Crippen molar-refractivity contribution in [3.63, 3.8) is 0 Å². The molecule has 0 spiro atoms. The Balaban J connectivity index is 3.51. The topological polar surface area (TPSA) is 26.0 Å². The molecule has 0 saturated carbocycles. The molecule has 0 aliphatic carbocycles. The van der Waals surface area contributed by atoms with E-state index in [0.717, 1.165) is 19.4 Å². The molecule has 0 fully saturated rings. The molecule has 0 aromatic heterocycles. The van der Waals surface area contributed by atoms with Gasteiger partial charge in [0.05, 0.1) is 0 Å². The minimum Gasteiger partial charge on any atom is -0.330 e. The molecule has 0 radical (unpaired) electrons. The lowest BCUT2D eigenvalue weighted by Crippen LogP contribution is -2.09. The highest BCUT2D eigenvalue weighted by atomic mass is 14.5. The first-order chi connectivity index (χ1) is 6.31. The molecule has 0 aliphatic heterocycles. The molecule has 0 aliphatic rings. The lowest BCUT2D eigenvalue weighted by molar-refractivity contribution is 0.606. The van der Waals surface area contributed by atoms with Crippen molar-refractivity contribution in [3.8, 4) is 0 Å². The Kier molecular flexibility index (Phi) is 8.68. The summed E-state index contributed by atoms with van der Waals surface area (Å²) in [5, 5.41) is 0. The van der Waals surface area contributed by atoms with Gasteiger partial charge < -0.3 is 5.73 Å². The first-order valence-corrected chi connectivity index (χ1v) is 4.99. The van der Waals surface area contributed by atoms with Crippen LogP contribution >= 0.6 is 0 Å². The Bertz CT molecular complexity index is 178. The van der Waals surface area contributed by atoms with Gasteiger partial charge in [0.15, 0.2) is 0 Å². The van der Waals surface area contributed by atoms with Crippen LogP contribution in [0.25, 0.3) is 0 Å². The third-order valence-corrected chi connectivity index (χ3v) is 1.78. The Morgan fingerprint density at radius 3 is 2.23 bits per heavy atom. The zero-order valence-corrected chi connectivity index (χ0v) is 8.74. The van der Waals surface area contributed by atoms with Gasteiger partial charge in [-0.3, -0.25) is 0 Å². The van der Waals surface area contributed by atoms with Crippen molar-refractivity contribution < 1.29 is 0 Å². The minimum absolute atomic E-state index is 0.593. The van der Waals surface area contributed by atoms with Gasteiger partial charge in [0.1, 0.15) is 0 Å². The molecule has 0 heterocycles. The van der Waals surface area contributed by atoms with Crippen molar-refractivity contribution >= 4 is 0 Å². The second-order valence-electron chi connectivity index (χ2n) is 3.23. The van der Waals surface area contributed by atoms with Gasteiger partial charge >= 0.3 is 0 Å². The molecule has 0 unspecified atom stereocenters. The van der Waals surface area contributed by atoms with Crippen molar-refractivity contribution in [1.82, 2.24) is 0 Å². The first kappa shape index (κ1) is 12.2. The van der Waals surface area contributed by atoms with E-state index in [0.29, 0.717) is 5.92 Å². The molecule has 0 aromatic carbocycles. The monoisotopic (exact) mass is 179 g/mol. The highest BCUT2D eigenvalue weighted by molar-refractivity contribution is 5.10. The highest BCUT2D eigenvalue weighted by Gasteiger charge is 1.92. The van der Waals surface area contributed by atoms with Crippen molar-refractivity contribution in [2.45, 2.75) is 26.7 Å². The van der Waals surface area contributed by atoms with Crippen LogP contribution in [0.2, 0.25) is 0 Å². The van der Waals surface area contributed by atoms with Crippen LogP contribution in [0.3, 0.4) is 0 Å². The Hall–Kier alpha value is -0.820. The van der Waals surface area contributed by atoms with Crippen molar-refractivity contribution in [2.24, 2.45) is 11.7 Å². The molecular weight excluding hydrogens is 158 g/mol. The van der Waals surface area contributed by atoms with E-state index in [1.165, 1.54) is 0 Å². The van der Waals surface area contributed by atoms with E-state index in [-0.39, 0.29) is 0 Å². The number of hydrogen-bond donors (Lipinski definition) is 1. The summed E-state index contributed by atoms with van der Waals surface area (Å²) in [5.41, 5.74) is 5.49. The van der Waals surface area contributed by atoms with E-state index in [9.17, 15) is 0 Å². The Morgan fingerprint density at radius 2 is 1.69 bits per heavy atom. The number of rotatable bonds is 6. The molecule has 74 valence electrons. The predicted molar refractivity (Wildman–Crippen MR) is 60.5 cm³/mol. The summed E-state index contributed by atoms with van der Waals surface area (Å²) in [6, 6.07) is 0. The molecule has 13 heavy (non-hydrogen) atoms. The van der Waals surface area contributed by atoms with Crippen LogP contribution < -0.4 is 5.73 Å². The van der Waals surface area contributed by atoms with Crippen LogP contribution in [-0.2, 0) is 0 Å². The van der Waals surface area contributed by atoms with Crippen molar-refractivity contribution in [3.05, 3.63) is 36.5 Å². The maximum atomic E-state index is 5.49. The van der Waals surface area contributed by atoms with Gasteiger partial charge in [-0.15, -0.1) is 0 Å². The molecule has 0 bridgehead atoms. The smallest absolute Gasteiger partial charge is 0.00485 e. The molecule has 0 aromatic rings. The van der Waals surface area contributed by atoms with Crippen LogP contribution in [0.15, 0.2) is 36.5 Å². The van der Waals surface area contributed by atoms with Gasteiger partial charge in [-0.2, -0.15) is 0 Å². The van der Waals surface area contributed by atoms with E-state index >= 15 is 0 Å². The summed E-state index contributed by atoms with van der Waals surface area (Å²) in [6.45, 7) is 5.05. The third kappa shape index (κ3) is 9.09. The third-order valence-electron chi connectivity index (χ3n) is 1.78. The van der Waals surface area contributed by atoms with Crippen LogP contribution in [0.5, 0.6) is 0 Å². The molecule has 2 N–H and O–H groups in total. The van der Waals surface area contributed by atoms with Crippen molar-refractivity contribution in [2.75, 3.05) is 6.54 Å². The van der Waals surface area contributed by atoms with Gasteiger partial charge in [-0.25, -0.2) is 0 Å². The molecule has 1 atom stereocenters. The van der Waals surface area contributed by atoms with Gasteiger partial charge in [0, 0.05) is 0 Å². The van der Waals surface area contributed by atoms with Crippen molar-refractivity contribution in [1.29, 1.82) is 0 Å². The van der Waals surface area contributed by atoms with Gasteiger partial charge in [0.2, 0.25) is 0 Å². The quantitative estimate of drug-likeness (QED) is 0.623. The van der Waals surface area contributed by atoms with Crippen LogP contribution in [-0.4, -0.2) is 6.54 Å². The summed E-state index contributed by atoms with van der Waals surface area (Å²) < 4.78 is 0. The van der Waals surface area contributed by atoms with Crippen LogP contribution in [0, 0.1) is 5.92 Å². The summed E-state index contributed by atoms with van der Waals surface area (Å²) in [4.78, 5) is 0. The molecule has 0 saturated heterocycles. The summed E-state index contributed by atoms with van der Waals surface area (Å²) in [5.74, 6) is 0.593. The average Bonchev–Trinajstić information content (AvgIpc) is 2.16. The second-order valence-corrected chi connectivity index (χ2v) is 3.23. The van der Waals surface area contributed by atoms with Gasteiger partial charge in [-0.1, -0.05) is 50.3 Å². The molecular formula is C12H21N. The first-order valence-electron chi connectivity index (χ1n) is 4.99. The fourth-order valence-corrected chi connectivity index (χ4v) is 0.829. The summed E-state index contributed by atoms with van der Waals surface area (Å²) >= 11 is 0.